The highest BCUT2D eigenvalue weighted by Crippen LogP contribution is 2.49. The maximum atomic E-state index is 12.2. The minimum atomic E-state index is -0.372. The summed E-state index contributed by atoms with van der Waals surface area (Å²) in [6.07, 6.45) is 12.7. The molecule has 0 aromatic carbocycles. The van der Waals surface area contributed by atoms with Gasteiger partial charge in [0.25, 0.3) is 0 Å². The second-order valence-corrected chi connectivity index (χ2v) is 10.5. The van der Waals surface area contributed by atoms with Crippen LogP contribution in [0.15, 0.2) is 46.8 Å². The first-order valence-electron chi connectivity index (χ1n) is 12.6. The largest absolute Gasteiger partial charge is 0.492 e. The van der Waals surface area contributed by atoms with E-state index in [0.717, 1.165) is 50.8 Å². The molecule has 4 aliphatic heterocycles. The van der Waals surface area contributed by atoms with Gasteiger partial charge in [-0.2, -0.15) is 0 Å². The summed E-state index contributed by atoms with van der Waals surface area (Å²) in [6, 6.07) is 0.472. The lowest BCUT2D eigenvalue weighted by Crippen LogP contribution is -2.56. The van der Waals surface area contributed by atoms with Crippen molar-refractivity contribution in [2.75, 3.05) is 13.7 Å². The van der Waals surface area contributed by atoms with Crippen molar-refractivity contribution >= 4 is 5.97 Å². The molecule has 5 rings (SSSR count). The van der Waals surface area contributed by atoms with Crippen LogP contribution in [0.25, 0.3) is 0 Å². The number of rotatable bonds is 3. The number of aliphatic hydroxyl groups excluding tert-OH is 1. The Morgan fingerprint density at radius 1 is 1.24 bits per heavy atom. The first-order chi connectivity index (χ1) is 15.9. The lowest BCUT2D eigenvalue weighted by molar-refractivity contribution is -0.133. The van der Waals surface area contributed by atoms with E-state index in [4.69, 9.17) is 14.2 Å². The molecule has 0 amide bonds. The van der Waals surface area contributed by atoms with Crippen LogP contribution in [0.2, 0.25) is 0 Å². The first kappa shape index (κ1) is 22.7. The summed E-state index contributed by atoms with van der Waals surface area (Å²) in [5.74, 6) is 3.32. The van der Waals surface area contributed by atoms with Crippen molar-refractivity contribution in [1.82, 2.24) is 4.90 Å². The van der Waals surface area contributed by atoms with Gasteiger partial charge in [0.15, 0.2) is 11.5 Å². The van der Waals surface area contributed by atoms with Gasteiger partial charge in [-0.15, -0.1) is 0 Å². The molecule has 0 bridgehead atoms. The Balaban J connectivity index is 1.43. The molecule has 7 atom stereocenters. The molecule has 2 saturated heterocycles. The third-order valence-electron chi connectivity index (χ3n) is 8.41. The van der Waals surface area contributed by atoms with Crippen molar-refractivity contribution in [3.8, 4) is 0 Å². The third-order valence-corrected chi connectivity index (χ3v) is 8.41. The number of piperidine rings is 1. The van der Waals surface area contributed by atoms with Crippen LogP contribution in [0, 0.1) is 23.7 Å². The normalized spacial score (nSPS) is 39.9. The molecule has 2 fully saturated rings. The molecule has 0 aromatic heterocycles. The summed E-state index contributed by atoms with van der Waals surface area (Å²) >= 11 is 0. The minimum Gasteiger partial charge on any atom is -0.492 e. The number of carbonyl (C=O) groups excluding carboxylic acids is 1. The van der Waals surface area contributed by atoms with Crippen LogP contribution in [0.1, 0.15) is 59.3 Å². The topological polar surface area (TPSA) is 68.2 Å². The number of esters is 1. The number of carbonyl (C=O) groups is 1. The van der Waals surface area contributed by atoms with E-state index in [9.17, 15) is 9.90 Å². The van der Waals surface area contributed by atoms with Gasteiger partial charge in [0.1, 0.15) is 5.76 Å². The Morgan fingerprint density at radius 2 is 2.06 bits per heavy atom. The van der Waals surface area contributed by atoms with E-state index < -0.39 is 0 Å². The second kappa shape index (κ2) is 8.95. The Kier molecular flexibility index (Phi) is 6.17. The maximum absolute atomic E-state index is 12.2. The van der Waals surface area contributed by atoms with Crippen molar-refractivity contribution in [3.63, 3.8) is 0 Å². The van der Waals surface area contributed by atoms with Gasteiger partial charge < -0.3 is 19.3 Å². The molecular formula is C27H37NO5. The quantitative estimate of drug-likeness (QED) is 0.502. The highest BCUT2D eigenvalue weighted by molar-refractivity contribution is 5.93. The fraction of sp³-hybridized carbons (Fsp3) is 0.667. The number of ether oxygens (including phenoxy) is 3. The standard InChI is InChI=1S/C27H37NO5/c1-15-8-5-9-18(14-15)23(29)20-11-6-10-19-22-16(2)25(32-21(22)12-7-13-28(19)20)26-24(31-4)17(3)27(30)33-26/h5,9,12,15-16,18-20,22-23,29H,6-8,10-11,13-14H2,1-4H3. The fourth-order valence-corrected chi connectivity index (χ4v) is 6.76. The van der Waals surface area contributed by atoms with E-state index in [1.165, 1.54) is 0 Å². The van der Waals surface area contributed by atoms with Crippen LogP contribution in [-0.2, 0) is 19.0 Å². The number of allylic oxidation sites excluding steroid dienone is 2. The van der Waals surface area contributed by atoms with Crippen LogP contribution in [0.5, 0.6) is 0 Å². The molecule has 0 aromatic rings. The van der Waals surface area contributed by atoms with Crippen LogP contribution >= 0.6 is 0 Å². The molecular weight excluding hydrogens is 418 g/mol. The monoisotopic (exact) mass is 455 g/mol. The summed E-state index contributed by atoms with van der Waals surface area (Å²) in [4.78, 5) is 14.8. The van der Waals surface area contributed by atoms with Gasteiger partial charge in [0, 0.05) is 36.4 Å². The number of hydrogen-bond acceptors (Lipinski definition) is 6. The number of methoxy groups -OCH3 is 1. The molecule has 5 aliphatic rings. The van der Waals surface area contributed by atoms with E-state index in [1.54, 1.807) is 14.0 Å². The minimum absolute atomic E-state index is 0.0613. The summed E-state index contributed by atoms with van der Waals surface area (Å²) in [5.41, 5.74) is 0.481. The number of cyclic esters (lactones) is 1. The van der Waals surface area contributed by atoms with Crippen LogP contribution in [0.3, 0.4) is 0 Å². The van der Waals surface area contributed by atoms with Gasteiger partial charge in [-0.05, 0) is 51.0 Å². The molecule has 0 radical (unpaired) electrons. The SMILES string of the molecule is COC1=C(C)C(=O)OC1=C1OC2=CCCN3C(C(O)C4C=CCC(C)C4)CCCC3C2C1C. The highest BCUT2D eigenvalue weighted by Gasteiger charge is 2.50. The van der Waals surface area contributed by atoms with Gasteiger partial charge in [0.05, 0.1) is 18.8 Å². The molecule has 6 heteroatoms. The summed E-state index contributed by atoms with van der Waals surface area (Å²) < 4.78 is 17.5. The average Bonchev–Trinajstić information content (AvgIpc) is 3.20. The summed E-state index contributed by atoms with van der Waals surface area (Å²) in [6.45, 7) is 7.11. The lowest BCUT2D eigenvalue weighted by atomic mass is 9.76. The zero-order chi connectivity index (χ0) is 23.3. The van der Waals surface area contributed by atoms with Crippen LogP contribution < -0.4 is 0 Å². The van der Waals surface area contributed by atoms with Gasteiger partial charge in [-0.3, -0.25) is 4.90 Å². The van der Waals surface area contributed by atoms with Crippen LogP contribution in [-0.4, -0.2) is 47.8 Å². The third kappa shape index (κ3) is 3.85. The molecule has 1 N–H and O–H groups in total. The van der Waals surface area contributed by atoms with Crippen molar-refractivity contribution in [2.45, 2.75) is 77.5 Å². The van der Waals surface area contributed by atoms with Gasteiger partial charge >= 0.3 is 5.97 Å². The summed E-state index contributed by atoms with van der Waals surface area (Å²) in [7, 11) is 1.56. The highest BCUT2D eigenvalue weighted by atomic mass is 16.6. The van der Waals surface area contributed by atoms with Crippen molar-refractivity contribution in [3.05, 3.63) is 46.8 Å². The average molecular weight is 456 g/mol. The zero-order valence-corrected chi connectivity index (χ0v) is 20.3. The summed E-state index contributed by atoms with van der Waals surface area (Å²) in [5, 5.41) is 11.5. The molecule has 180 valence electrons. The van der Waals surface area contributed by atoms with Crippen molar-refractivity contribution in [1.29, 1.82) is 0 Å². The number of aliphatic hydroxyl groups is 1. The maximum Gasteiger partial charge on any atom is 0.343 e. The lowest BCUT2D eigenvalue weighted by Gasteiger charge is -2.47. The number of nitrogens with zero attached hydrogens (tertiary/aromatic N) is 1. The Labute approximate surface area is 196 Å². The zero-order valence-electron chi connectivity index (χ0n) is 20.3. The predicted molar refractivity (Wildman–Crippen MR) is 124 cm³/mol. The van der Waals surface area contributed by atoms with Crippen LogP contribution in [0.4, 0.5) is 0 Å². The van der Waals surface area contributed by atoms with E-state index in [0.29, 0.717) is 34.8 Å². The molecule has 6 nitrogen and oxygen atoms in total. The molecule has 7 unspecified atom stereocenters. The van der Waals surface area contributed by atoms with Gasteiger partial charge in [0.2, 0.25) is 5.76 Å². The van der Waals surface area contributed by atoms with Crippen molar-refractivity contribution in [2.24, 2.45) is 23.7 Å². The molecule has 0 spiro atoms. The molecule has 1 aliphatic carbocycles. The number of fused-ring (bicyclic) bond motifs is 3. The van der Waals surface area contributed by atoms with E-state index in [1.807, 2.05) is 0 Å². The van der Waals surface area contributed by atoms with Gasteiger partial charge in [-0.1, -0.05) is 32.4 Å². The van der Waals surface area contributed by atoms with E-state index >= 15 is 0 Å². The second-order valence-electron chi connectivity index (χ2n) is 10.5. The Morgan fingerprint density at radius 3 is 2.82 bits per heavy atom. The predicted octanol–water partition coefficient (Wildman–Crippen LogP) is 4.43. The van der Waals surface area contributed by atoms with Crippen molar-refractivity contribution < 1.29 is 24.1 Å². The fourth-order valence-electron chi connectivity index (χ4n) is 6.76. The van der Waals surface area contributed by atoms with Gasteiger partial charge in [-0.25, -0.2) is 4.79 Å². The van der Waals surface area contributed by atoms with E-state index in [-0.39, 0.29) is 35.9 Å². The molecule has 4 heterocycles. The van der Waals surface area contributed by atoms with E-state index in [2.05, 4.69) is 37.0 Å². The molecule has 33 heavy (non-hydrogen) atoms. The Bertz CT molecular complexity index is 931. The number of hydrogen-bond donors (Lipinski definition) is 1. The smallest absolute Gasteiger partial charge is 0.343 e. The Hall–Kier alpha value is -2.05. The first-order valence-corrected chi connectivity index (χ1v) is 12.6. The molecule has 0 saturated carbocycles.